The molecule has 2 saturated carbocycles. The average Bonchev–Trinajstić information content (AvgIpc) is 3.43. The van der Waals surface area contributed by atoms with Crippen LogP contribution in [-0.4, -0.2) is 13.1 Å². The predicted octanol–water partition coefficient (Wildman–Crippen LogP) is 3.46. The number of hydrogen-bond donors (Lipinski definition) is 2. The van der Waals surface area contributed by atoms with Crippen LogP contribution in [0.3, 0.4) is 0 Å². The summed E-state index contributed by atoms with van der Waals surface area (Å²) in [5.41, 5.74) is 8.18. The second-order valence-corrected chi connectivity index (χ2v) is 6.72. The van der Waals surface area contributed by atoms with E-state index in [0.717, 1.165) is 29.9 Å². The van der Waals surface area contributed by atoms with Crippen LogP contribution < -0.4 is 11.1 Å². The van der Waals surface area contributed by atoms with E-state index in [1.165, 1.54) is 36.6 Å². The number of furan rings is 1. The van der Waals surface area contributed by atoms with Crippen molar-refractivity contribution in [2.75, 3.05) is 13.1 Å². The maximum absolute atomic E-state index is 6.02. The van der Waals surface area contributed by atoms with Crippen LogP contribution in [0, 0.1) is 17.8 Å². The van der Waals surface area contributed by atoms with Crippen LogP contribution in [0.4, 0.5) is 0 Å². The summed E-state index contributed by atoms with van der Waals surface area (Å²) < 4.78 is 5.66. The minimum absolute atomic E-state index is 0.202. The highest BCUT2D eigenvalue weighted by molar-refractivity contribution is 5.81. The third-order valence-corrected chi connectivity index (χ3v) is 5.18. The fourth-order valence-corrected chi connectivity index (χ4v) is 3.63. The van der Waals surface area contributed by atoms with Gasteiger partial charge in [0.2, 0.25) is 0 Å². The Morgan fingerprint density at radius 3 is 2.52 bits per heavy atom. The van der Waals surface area contributed by atoms with Crippen molar-refractivity contribution in [1.29, 1.82) is 0 Å². The van der Waals surface area contributed by atoms with E-state index in [-0.39, 0.29) is 6.04 Å². The molecule has 2 fully saturated rings. The molecule has 0 saturated heterocycles. The van der Waals surface area contributed by atoms with Gasteiger partial charge in [-0.1, -0.05) is 18.2 Å². The van der Waals surface area contributed by atoms with Crippen molar-refractivity contribution in [3.05, 3.63) is 36.1 Å². The van der Waals surface area contributed by atoms with Crippen LogP contribution in [-0.2, 0) is 0 Å². The number of benzene rings is 1. The molecule has 3 heteroatoms. The fraction of sp³-hybridized carbons (Fsp3) is 0.556. The van der Waals surface area contributed by atoms with E-state index in [1.807, 2.05) is 18.4 Å². The number of rotatable bonds is 7. The van der Waals surface area contributed by atoms with E-state index in [9.17, 15) is 0 Å². The maximum Gasteiger partial charge on any atom is 0.134 e. The van der Waals surface area contributed by atoms with Gasteiger partial charge < -0.3 is 15.5 Å². The van der Waals surface area contributed by atoms with Crippen molar-refractivity contribution >= 4 is 11.0 Å². The topological polar surface area (TPSA) is 51.2 Å². The van der Waals surface area contributed by atoms with Crippen molar-refractivity contribution in [3.63, 3.8) is 0 Å². The third-order valence-electron chi connectivity index (χ3n) is 5.18. The van der Waals surface area contributed by atoms with E-state index in [4.69, 9.17) is 10.2 Å². The van der Waals surface area contributed by atoms with Gasteiger partial charge in [0.1, 0.15) is 5.58 Å². The Labute approximate surface area is 125 Å². The largest absolute Gasteiger partial charge is 0.464 e. The van der Waals surface area contributed by atoms with Gasteiger partial charge in [-0.3, -0.25) is 0 Å². The molecule has 112 valence electrons. The first-order valence-corrected chi connectivity index (χ1v) is 8.26. The molecule has 0 spiro atoms. The Morgan fingerprint density at radius 2 is 1.86 bits per heavy atom. The van der Waals surface area contributed by atoms with Gasteiger partial charge >= 0.3 is 0 Å². The van der Waals surface area contributed by atoms with Crippen LogP contribution in [0.1, 0.15) is 37.3 Å². The summed E-state index contributed by atoms with van der Waals surface area (Å²) >= 11 is 0. The van der Waals surface area contributed by atoms with E-state index in [1.54, 1.807) is 0 Å². The first kappa shape index (κ1) is 13.4. The lowest BCUT2D eigenvalue weighted by Crippen LogP contribution is -2.33. The number of para-hydroxylation sites is 1. The lowest BCUT2D eigenvalue weighted by molar-refractivity contribution is 0.357. The third kappa shape index (κ3) is 2.72. The SMILES string of the molecule is NCC(NCC(C1CC1)C1CC1)c1coc2ccccc12. The average molecular weight is 284 g/mol. The minimum Gasteiger partial charge on any atom is -0.464 e. The monoisotopic (exact) mass is 284 g/mol. The van der Waals surface area contributed by atoms with Gasteiger partial charge in [0, 0.05) is 23.5 Å². The molecule has 2 aliphatic carbocycles. The summed E-state index contributed by atoms with van der Waals surface area (Å²) in [6.07, 6.45) is 7.61. The summed E-state index contributed by atoms with van der Waals surface area (Å²) in [6, 6.07) is 8.41. The molecule has 2 aromatic rings. The van der Waals surface area contributed by atoms with Gasteiger partial charge in [0.05, 0.1) is 6.26 Å². The van der Waals surface area contributed by atoms with E-state index >= 15 is 0 Å². The molecule has 0 amide bonds. The molecule has 0 bridgehead atoms. The molecule has 4 rings (SSSR count). The lowest BCUT2D eigenvalue weighted by atomic mass is 9.96. The number of nitrogens with two attached hydrogens (primary N) is 1. The van der Waals surface area contributed by atoms with Crippen LogP contribution in [0.25, 0.3) is 11.0 Å². The summed E-state index contributed by atoms with van der Waals surface area (Å²) in [5.74, 6) is 2.83. The number of fused-ring (bicyclic) bond motifs is 1. The van der Waals surface area contributed by atoms with Crippen LogP contribution in [0.2, 0.25) is 0 Å². The van der Waals surface area contributed by atoms with E-state index in [0.29, 0.717) is 6.54 Å². The fourth-order valence-electron chi connectivity index (χ4n) is 3.63. The van der Waals surface area contributed by atoms with Gasteiger partial charge in [0.15, 0.2) is 0 Å². The molecule has 2 aliphatic rings. The Morgan fingerprint density at radius 1 is 1.14 bits per heavy atom. The molecular weight excluding hydrogens is 260 g/mol. The summed E-state index contributed by atoms with van der Waals surface area (Å²) in [5, 5.41) is 4.91. The molecule has 1 aromatic heterocycles. The summed E-state index contributed by atoms with van der Waals surface area (Å²) in [4.78, 5) is 0. The second kappa shape index (κ2) is 5.47. The van der Waals surface area contributed by atoms with Crippen molar-refractivity contribution in [2.45, 2.75) is 31.7 Å². The highest BCUT2D eigenvalue weighted by Crippen LogP contribution is 2.49. The van der Waals surface area contributed by atoms with Crippen molar-refractivity contribution in [3.8, 4) is 0 Å². The van der Waals surface area contributed by atoms with E-state index in [2.05, 4.69) is 17.4 Å². The van der Waals surface area contributed by atoms with Gasteiger partial charge in [-0.05, 0) is 56.0 Å². The smallest absolute Gasteiger partial charge is 0.134 e. The van der Waals surface area contributed by atoms with E-state index < -0.39 is 0 Å². The number of nitrogens with one attached hydrogen (secondary N) is 1. The van der Waals surface area contributed by atoms with Crippen molar-refractivity contribution < 1.29 is 4.42 Å². The highest BCUT2D eigenvalue weighted by atomic mass is 16.3. The van der Waals surface area contributed by atoms with Gasteiger partial charge in [-0.2, -0.15) is 0 Å². The van der Waals surface area contributed by atoms with Gasteiger partial charge in [0.25, 0.3) is 0 Å². The van der Waals surface area contributed by atoms with Crippen LogP contribution in [0.15, 0.2) is 34.9 Å². The van der Waals surface area contributed by atoms with Crippen molar-refractivity contribution in [1.82, 2.24) is 5.32 Å². The Balaban J connectivity index is 1.49. The molecule has 21 heavy (non-hydrogen) atoms. The quantitative estimate of drug-likeness (QED) is 0.818. The van der Waals surface area contributed by atoms with Crippen LogP contribution >= 0.6 is 0 Å². The Hall–Kier alpha value is -1.32. The Bertz CT molecular complexity index is 600. The van der Waals surface area contributed by atoms with Gasteiger partial charge in [-0.25, -0.2) is 0 Å². The maximum atomic E-state index is 6.02. The zero-order valence-corrected chi connectivity index (χ0v) is 12.4. The minimum atomic E-state index is 0.202. The van der Waals surface area contributed by atoms with Gasteiger partial charge in [-0.15, -0.1) is 0 Å². The molecule has 1 atom stereocenters. The molecule has 1 heterocycles. The summed E-state index contributed by atoms with van der Waals surface area (Å²) in [6.45, 7) is 1.72. The predicted molar refractivity (Wildman–Crippen MR) is 85.0 cm³/mol. The molecule has 3 nitrogen and oxygen atoms in total. The number of hydrogen-bond acceptors (Lipinski definition) is 3. The zero-order valence-electron chi connectivity index (χ0n) is 12.4. The molecule has 0 radical (unpaired) electrons. The van der Waals surface area contributed by atoms with Crippen molar-refractivity contribution in [2.24, 2.45) is 23.5 Å². The molecular formula is C18H24N2O. The zero-order chi connectivity index (χ0) is 14.2. The normalized spacial score (nSPS) is 20.3. The highest BCUT2D eigenvalue weighted by Gasteiger charge is 2.41. The molecule has 3 N–H and O–H groups in total. The molecule has 1 aromatic carbocycles. The first-order chi connectivity index (χ1) is 10.4. The molecule has 0 aliphatic heterocycles. The first-order valence-electron chi connectivity index (χ1n) is 8.26. The Kier molecular flexibility index (Phi) is 3.48. The molecule has 1 unspecified atom stereocenters. The lowest BCUT2D eigenvalue weighted by Gasteiger charge is -2.21. The standard InChI is InChI=1S/C18H24N2O/c19-9-17(16-11-21-18-4-2-1-3-14(16)18)20-10-15(12-5-6-12)13-7-8-13/h1-4,11-13,15,17,20H,5-10,19H2. The van der Waals surface area contributed by atoms with Crippen LogP contribution in [0.5, 0.6) is 0 Å². The summed E-state index contributed by atoms with van der Waals surface area (Å²) in [7, 11) is 0. The second-order valence-electron chi connectivity index (χ2n) is 6.72.